The van der Waals surface area contributed by atoms with Crippen LogP contribution in [0.4, 0.5) is 8.78 Å². The molecule has 5 nitrogen and oxygen atoms in total. The number of phenols is 1. The molecule has 1 aromatic heterocycles. The maximum atomic E-state index is 13.6. The Balaban J connectivity index is 2.61. The summed E-state index contributed by atoms with van der Waals surface area (Å²) in [5.41, 5.74) is -2.01. The number of amides is 1. The van der Waals surface area contributed by atoms with E-state index in [0.717, 1.165) is 12.1 Å². The van der Waals surface area contributed by atoms with E-state index in [0.29, 0.717) is 13.0 Å². The fraction of sp³-hybridized carbons (Fsp3) is 0.231. The van der Waals surface area contributed by atoms with E-state index in [1.54, 1.807) is 0 Å². The standard InChI is InChI=1S/C13H11F2NO4/c1-2-3-16-12(18)7-4-6-5-8(14)10(17)9(15)11(6)20-13(7)19/h4-5,17H,2-3H2,1H3,(H,16,18). The Morgan fingerprint density at radius 2 is 2.10 bits per heavy atom. The molecule has 2 aromatic rings. The second-order valence-corrected chi connectivity index (χ2v) is 4.14. The van der Waals surface area contributed by atoms with Gasteiger partial charge in [0.15, 0.2) is 17.1 Å². The third-order valence-corrected chi connectivity index (χ3v) is 2.67. The van der Waals surface area contributed by atoms with Crippen LogP contribution in [0.1, 0.15) is 23.7 Å². The molecule has 1 aromatic carbocycles. The van der Waals surface area contributed by atoms with Gasteiger partial charge in [-0.25, -0.2) is 9.18 Å². The Labute approximate surface area is 111 Å². The van der Waals surface area contributed by atoms with Gasteiger partial charge in [-0.1, -0.05) is 6.92 Å². The number of fused-ring (bicyclic) bond motifs is 1. The highest BCUT2D eigenvalue weighted by atomic mass is 19.1. The first-order valence-corrected chi connectivity index (χ1v) is 5.88. The number of rotatable bonds is 3. The summed E-state index contributed by atoms with van der Waals surface area (Å²) >= 11 is 0. The predicted molar refractivity (Wildman–Crippen MR) is 66.7 cm³/mol. The van der Waals surface area contributed by atoms with E-state index in [1.165, 1.54) is 0 Å². The Morgan fingerprint density at radius 3 is 2.75 bits per heavy atom. The molecule has 0 saturated heterocycles. The smallest absolute Gasteiger partial charge is 0.349 e. The van der Waals surface area contributed by atoms with Gasteiger partial charge in [-0.3, -0.25) is 4.79 Å². The molecule has 0 aliphatic heterocycles. The lowest BCUT2D eigenvalue weighted by atomic mass is 10.1. The Bertz CT molecular complexity index is 739. The minimum Gasteiger partial charge on any atom is -0.503 e. The van der Waals surface area contributed by atoms with Gasteiger partial charge in [0.1, 0.15) is 5.56 Å². The number of carbonyl (C=O) groups is 1. The average Bonchev–Trinajstić information content (AvgIpc) is 2.43. The number of benzene rings is 1. The average molecular weight is 283 g/mol. The summed E-state index contributed by atoms with van der Waals surface area (Å²) in [7, 11) is 0. The van der Waals surface area contributed by atoms with Crippen molar-refractivity contribution in [2.45, 2.75) is 13.3 Å². The molecule has 1 heterocycles. The van der Waals surface area contributed by atoms with Crippen LogP contribution in [0.25, 0.3) is 11.0 Å². The highest BCUT2D eigenvalue weighted by molar-refractivity contribution is 5.96. The van der Waals surface area contributed by atoms with Crippen molar-refractivity contribution in [3.8, 4) is 5.75 Å². The van der Waals surface area contributed by atoms with Crippen LogP contribution >= 0.6 is 0 Å². The fourth-order valence-electron chi connectivity index (χ4n) is 1.67. The van der Waals surface area contributed by atoms with Crippen molar-refractivity contribution >= 4 is 16.9 Å². The molecule has 20 heavy (non-hydrogen) atoms. The normalized spacial score (nSPS) is 10.8. The van der Waals surface area contributed by atoms with Crippen LogP contribution in [-0.4, -0.2) is 17.6 Å². The summed E-state index contributed by atoms with van der Waals surface area (Å²) in [4.78, 5) is 23.3. The van der Waals surface area contributed by atoms with Crippen LogP contribution in [0, 0.1) is 11.6 Å². The zero-order valence-electron chi connectivity index (χ0n) is 10.5. The quantitative estimate of drug-likeness (QED) is 0.843. The fourth-order valence-corrected chi connectivity index (χ4v) is 1.67. The maximum Gasteiger partial charge on any atom is 0.349 e. The number of aromatic hydroxyl groups is 1. The van der Waals surface area contributed by atoms with Crippen molar-refractivity contribution in [3.63, 3.8) is 0 Å². The van der Waals surface area contributed by atoms with Crippen LogP contribution in [0.2, 0.25) is 0 Å². The zero-order chi connectivity index (χ0) is 14.9. The second kappa shape index (κ2) is 5.28. The lowest BCUT2D eigenvalue weighted by Gasteiger charge is -2.05. The van der Waals surface area contributed by atoms with Gasteiger partial charge in [0.05, 0.1) is 0 Å². The van der Waals surface area contributed by atoms with E-state index in [-0.39, 0.29) is 10.9 Å². The van der Waals surface area contributed by atoms with Crippen LogP contribution in [0.3, 0.4) is 0 Å². The third-order valence-electron chi connectivity index (χ3n) is 2.67. The predicted octanol–water partition coefficient (Wildman–Crippen LogP) is 1.92. The van der Waals surface area contributed by atoms with E-state index < -0.39 is 34.5 Å². The molecule has 0 aliphatic rings. The molecule has 2 rings (SSSR count). The highest BCUT2D eigenvalue weighted by Gasteiger charge is 2.19. The molecular formula is C13H11F2NO4. The molecule has 0 aliphatic carbocycles. The van der Waals surface area contributed by atoms with Crippen molar-refractivity contribution in [3.05, 3.63) is 39.8 Å². The van der Waals surface area contributed by atoms with Crippen LogP contribution in [0.5, 0.6) is 5.75 Å². The lowest BCUT2D eigenvalue weighted by molar-refractivity contribution is 0.0950. The summed E-state index contributed by atoms with van der Waals surface area (Å²) in [6, 6.07) is 1.81. The number of halogens is 2. The first-order chi connectivity index (χ1) is 9.45. The number of nitrogens with one attached hydrogen (secondary N) is 1. The molecule has 106 valence electrons. The SMILES string of the molecule is CCCNC(=O)c1cc2cc(F)c(O)c(F)c2oc1=O. The molecule has 0 fully saturated rings. The van der Waals surface area contributed by atoms with E-state index in [9.17, 15) is 18.4 Å². The van der Waals surface area contributed by atoms with Gasteiger partial charge in [0.2, 0.25) is 5.82 Å². The molecular weight excluding hydrogens is 272 g/mol. The zero-order valence-corrected chi connectivity index (χ0v) is 10.5. The van der Waals surface area contributed by atoms with Gasteiger partial charge in [-0.15, -0.1) is 0 Å². The van der Waals surface area contributed by atoms with Gasteiger partial charge in [-0.2, -0.15) is 4.39 Å². The monoisotopic (exact) mass is 283 g/mol. The second-order valence-electron chi connectivity index (χ2n) is 4.14. The van der Waals surface area contributed by atoms with Gasteiger partial charge in [0.25, 0.3) is 5.91 Å². The van der Waals surface area contributed by atoms with Gasteiger partial charge >= 0.3 is 5.63 Å². The van der Waals surface area contributed by atoms with Crippen LogP contribution in [0.15, 0.2) is 21.3 Å². The van der Waals surface area contributed by atoms with Crippen molar-refractivity contribution < 1.29 is 23.1 Å². The van der Waals surface area contributed by atoms with Gasteiger partial charge in [0, 0.05) is 11.9 Å². The minimum absolute atomic E-state index is 0.126. The van der Waals surface area contributed by atoms with E-state index in [4.69, 9.17) is 5.11 Å². The number of hydrogen-bond acceptors (Lipinski definition) is 4. The van der Waals surface area contributed by atoms with Gasteiger partial charge in [-0.05, 0) is 18.6 Å². The number of carbonyl (C=O) groups excluding carboxylic acids is 1. The third kappa shape index (κ3) is 2.34. The van der Waals surface area contributed by atoms with Crippen molar-refractivity contribution in [1.29, 1.82) is 0 Å². The first kappa shape index (κ1) is 14.0. The Hall–Kier alpha value is -2.44. The molecule has 2 N–H and O–H groups in total. The van der Waals surface area contributed by atoms with E-state index in [2.05, 4.69) is 9.73 Å². The molecule has 0 bridgehead atoms. The van der Waals surface area contributed by atoms with Gasteiger partial charge < -0.3 is 14.8 Å². The van der Waals surface area contributed by atoms with E-state index in [1.807, 2.05) is 6.92 Å². The first-order valence-electron chi connectivity index (χ1n) is 5.88. The topological polar surface area (TPSA) is 79.5 Å². The van der Waals surface area contributed by atoms with Crippen molar-refractivity contribution in [2.24, 2.45) is 0 Å². The Kier molecular flexibility index (Phi) is 3.69. The molecule has 0 atom stereocenters. The lowest BCUT2D eigenvalue weighted by Crippen LogP contribution is -2.28. The molecule has 1 amide bonds. The van der Waals surface area contributed by atoms with Crippen LogP contribution in [-0.2, 0) is 0 Å². The maximum absolute atomic E-state index is 13.6. The Morgan fingerprint density at radius 1 is 1.40 bits per heavy atom. The largest absolute Gasteiger partial charge is 0.503 e. The number of phenolic OH excluding ortho intramolecular Hbond substituents is 1. The molecule has 0 radical (unpaired) electrons. The number of hydrogen-bond donors (Lipinski definition) is 2. The minimum atomic E-state index is -1.38. The molecule has 0 unspecified atom stereocenters. The summed E-state index contributed by atoms with van der Waals surface area (Å²) in [5, 5.41) is 11.4. The van der Waals surface area contributed by atoms with Crippen molar-refractivity contribution in [2.75, 3.05) is 6.54 Å². The van der Waals surface area contributed by atoms with Crippen LogP contribution < -0.4 is 10.9 Å². The molecule has 0 saturated carbocycles. The molecule has 7 heteroatoms. The van der Waals surface area contributed by atoms with Crippen molar-refractivity contribution in [1.82, 2.24) is 5.32 Å². The van der Waals surface area contributed by atoms with E-state index >= 15 is 0 Å². The molecule has 0 spiro atoms. The summed E-state index contributed by atoms with van der Waals surface area (Å²) < 4.78 is 31.4. The summed E-state index contributed by atoms with van der Waals surface area (Å²) in [5.74, 6) is -4.50. The summed E-state index contributed by atoms with van der Waals surface area (Å²) in [6.45, 7) is 2.19. The highest BCUT2D eigenvalue weighted by Crippen LogP contribution is 2.28. The summed E-state index contributed by atoms with van der Waals surface area (Å²) in [6.07, 6.45) is 0.668.